The van der Waals surface area contributed by atoms with Gasteiger partial charge in [-0.3, -0.25) is 0 Å². The summed E-state index contributed by atoms with van der Waals surface area (Å²) >= 11 is 0. The first kappa shape index (κ1) is 12.4. The highest BCUT2D eigenvalue weighted by Crippen LogP contribution is 2.56. The van der Waals surface area contributed by atoms with Gasteiger partial charge in [0.1, 0.15) is 5.76 Å². The summed E-state index contributed by atoms with van der Waals surface area (Å²) in [6, 6.07) is 7.48. The van der Waals surface area contributed by atoms with Crippen molar-refractivity contribution in [1.29, 1.82) is 21.0 Å². The van der Waals surface area contributed by atoms with Crippen LogP contribution in [-0.2, 0) is 4.74 Å². The lowest BCUT2D eigenvalue weighted by molar-refractivity contribution is 0.175. The van der Waals surface area contributed by atoms with E-state index in [0.29, 0.717) is 11.3 Å². The molecule has 0 N–H and O–H groups in total. The second kappa shape index (κ2) is 4.02. The lowest BCUT2D eigenvalue weighted by atomic mass is 9.54. The summed E-state index contributed by atoms with van der Waals surface area (Å²) < 4.78 is 5.19. The largest absolute Gasteiger partial charge is 0.500 e. The predicted molar refractivity (Wildman–Crippen MR) is 63.1 cm³/mol. The van der Waals surface area contributed by atoms with Gasteiger partial charge in [0.2, 0.25) is 5.41 Å². The van der Waals surface area contributed by atoms with E-state index in [1.54, 1.807) is 24.3 Å². The third-order valence-electron chi connectivity index (χ3n) is 3.60. The minimum Gasteiger partial charge on any atom is -0.500 e. The normalized spacial score (nSPS) is 24.6. The topological polar surface area (TPSA) is 104 Å². The molecule has 3 aliphatic rings. The second-order valence-corrected chi connectivity index (χ2v) is 4.24. The molecule has 19 heavy (non-hydrogen) atoms. The number of methoxy groups -OCH3 is 1. The monoisotopic (exact) mass is 248 g/mol. The van der Waals surface area contributed by atoms with Crippen LogP contribution in [0.3, 0.4) is 0 Å². The smallest absolute Gasteiger partial charge is 0.201 e. The molecule has 0 amide bonds. The highest BCUT2D eigenvalue weighted by molar-refractivity contribution is 5.58. The summed E-state index contributed by atoms with van der Waals surface area (Å²) in [4.78, 5) is 0. The van der Waals surface area contributed by atoms with E-state index in [1.165, 1.54) is 7.11 Å². The molecular weight excluding hydrogens is 240 g/mol. The van der Waals surface area contributed by atoms with Gasteiger partial charge >= 0.3 is 0 Å². The molecule has 1 atom stereocenters. The summed E-state index contributed by atoms with van der Waals surface area (Å²) in [6.45, 7) is 0. The quantitative estimate of drug-likeness (QED) is 0.702. The van der Waals surface area contributed by atoms with E-state index < -0.39 is 16.7 Å². The Morgan fingerprint density at radius 3 is 2.21 bits per heavy atom. The van der Waals surface area contributed by atoms with E-state index in [4.69, 9.17) is 4.74 Å². The predicted octanol–water partition coefficient (Wildman–Crippen LogP) is 1.71. The highest BCUT2D eigenvalue weighted by atomic mass is 16.5. The van der Waals surface area contributed by atoms with Gasteiger partial charge in [0.25, 0.3) is 0 Å². The molecule has 0 aromatic rings. The van der Waals surface area contributed by atoms with Crippen molar-refractivity contribution in [3.05, 3.63) is 35.6 Å². The zero-order valence-electron chi connectivity index (χ0n) is 10.1. The maximum Gasteiger partial charge on any atom is 0.201 e. The van der Waals surface area contributed by atoms with Crippen LogP contribution in [0.1, 0.15) is 0 Å². The van der Waals surface area contributed by atoms with Crippen LogP contribution >= 0.6 is 0 Å². The van der Waals surface area contributed by atoms with Crippen molar-refractivity contribution in [2.75, 3.05) is 7.11 Å². The van der Waals surface area contributed by atoms with Gasteiger partial charge in [-0.05, 0) is 11.6 Å². The lowest BCUT2D eigenvalue weighted by Gasteiger charge is -2.39. The maximum atomic E-state index is 9.48. The average Bonchev–Trinajstić information content (AvgIpc) is 2.75. The summed E-state index contributed by atoms with van der Waals surface area (Å²) in [5.41, 5.74) is -3.32. The SMILES string of the molecule is COC1=CC2=CC=C[C@H]1C(C#N)(C#N)C2(C#N)C#N. The number of hydrogen-bond acceptors (Lipinski definition) is 5. The zero-order valence-corrected chi connectivity index (χ0v) is 10.1. The molecule has 3 aliphatic carbocycles. The number of nitrogens with zero attached hydrogens (tertiary/aromatic N) is 4. The van der Waals surface area contributed by atoms with Crippen molar-refractivity contribution in [3.8, 4) is 24.3 Å². The summed E-state index contributed by atoms with van der Waals surface area (Å²) in [6.07, 6.45) is 6.39. The van der Waals surface area contributed by atoms with Crippen molar-refractivity contribution < 1.29 is 4.74 Å². The van der Waals surface area contributed by atoms with E-state index >= 15 is 0 Å². The molecule has 0 fully saturated rings. The van der Waals surface area contributed by atoms with Crippen LogP contribution in [0.15, 0.2) is 35.6 Å². The first-order chi connectivity index (χ1) is 9.15. The van der Waals surface area contributed by atoms with Crippen LogP contribution in [-0.4, -0.2) is 7.11 Å². The molecule has 90 valence electrons. The van der Waals surface area contributed by atoms with Gasteiger partial charge in [0.15, 0.2) is 5.41 Å². The first-order valence-electron chi connectivity index (χ1n) is 5.45. The van der Waals surface area contributed by atoms with Crippen LogP contribution in [0, 0.1) is 62.1 Å². The average molecular weight is 248 g/mol. The van der Waals surface area contributed by atoms with Gasteiger partial charge in [-0.1, -0.05) is 18.2 Å². The first-order valence-corrected chi connectivity index (χ1v) is 5.45. The fraction of sp³-hybridized carbons (Fsp3) is 0.286. The number of nitriles is 4. The number of rotatable bonds is 1. The fourth-order valence-electron chi connectivity index (χ4n) is 2.56. The van der Waals surface area contributed by atoms with Gasteiger partial charge < -0.3 is 4.74 Å². The van der Waals surface area contributed by atoms with Crippen molar-refractivity contribution >= 4 is 0 Å². The summed E-state index contributed by atoms with van der Waals surface area (Å²) in [5.74, 6) is -0.335. The van der Waals surface area contributed by atoms with E-state index in [9.17, 15) is 21.0 Å². The van der Waals surface area contributed by atoms with Gasteiger partial charge in [0.05, 0.1) is 37.3 Å². The van der Waals surface area contributed by atoms with Crippen LogP contribution in [0.4, 0.5) is 0 Å². The molecule has 0 spiro atoms. The van der Waals surface area contributed by atoms with Crippen LogP contribution in [0.5, 0.6) is 0 Å². The molecule has 0 aromatic heterocycles. The lowest BCUT2D eigenvalue weighted by Crippen LogP contribution is -2.47. The third kappa shape index (κ3) is 1.19. The van der Waals surface area contributed by atoms with E-state index in [1.807, 2.05) is 24.3 Å². The maximum absolute atomic E-state index is 9.48. The Balaban J connectivity index is 2.92. The molecular formula is C14H8N4O. The molecule has 0 heterocycles. The van der Waals surface area contributed by atoms with Gasteiger partial charge in [-0.15, -0.1) is 0 Å². The molecule has 0 aromatic carbocycles. The molecule has 5 nitrogen and oxygen atoms in total. The number of fused-ring (bicyclic) bond motifs is 2. The Bertz CT molecular complexity index is 657. The Morgan fingerprint density at radius 2 is 1.74 bits per heavy atom. The van der Waals surface area contributed by atoms with Crippen molar-refractivity contribution in [1.82, 2.24) is 0 Å². The molecule has 0 aliphatic heterocycles. The Kier molecular flexibility index (Phi) is 2.63. The van der Waals surface area contributed by atoms with Crippen LogP contribution in [0.2, 0.25) is 0 Å². The standard InChI is InChI=1S/C14H8N4O/c1-19-12-5-10-3-2-4-11(12)14(8-17,9-18)13(10,6-15)7-16/h2-5,11H,1H3/t11-/m1/s1. The zero-order chi connectivity index (χ0) is 14.1. The fourth-order valence-corrected chi connectivity index (χ4v) is 2.56. The van der Waals surface area contributed by atoms with E-state index in [2.05, 4.69) is 0 Å². The molecule has 0 radical (unpaired) electrons. The molecule has 0 unspecified atom stereocenters. The van der Waals surface area contributed by atoms with Crippen molar-refractivity contribution in [3.63, 3.8) is 0 Å². The van der Waals surface area contributed by atoms with Crippen molar-refractivity contribution in [2.45, 2.75) is 0 Å². The van der Waals surface area contributed by atoms with Crippen LogP contribution in [0.25, 0.3) is 0 Å². The van der Waals surface area contributed by atoms with Crippen molar-refractivity contribution in [2.24, 2.45) is 16.7 Å². The Hall–Kier alpha value is -3.02. The summed E-state index contributed by atoms with van der Waals surface area (Å²) in [7, 11) is 1.43. The molecule has 2 bridgehead atoms. The molecule has 3 rings (SSSR count). The Morgan fingerprint density at radius 1 is 1.11 bits per heavy atom. The minimum absolute atomic E-state index is 0.308. The van der Waals surface area contributed by atoms with Gasteiger partial charge in [-0.2, -0.15) is 21.0 Å². The Labute approximate surface area is 110 Å². The molecule has 0 saturated carbocycles. The van der Waals surface area contributed by atoms with Gasteiger partial charge in [0, 0.05) is 0 Å². The number of ether oxygens (including phenoxy) is 1. The van der Waals surface area contributed by atoms with E-state index in [-0.39, 0.29) is 0 Å². The molecule has 5 heteroatoms. The molecule has 0 saturated heterocycles. The number of hydrogen-bond donors (Lipinski definition) is 0. The second-order valence-electron chi connectivity index (χ2n) is 4.24. The summed E-state index contributed by atoms with van der Waals surface area (Å²) in [5, 5.41) is 37.8. The highest BCUT2D eigenvalue weighted by Gasteiger charge is 2.64. The van der Waals surface area contributed by atoms with Gasteiger partial charge in [-0.25, -0.2) is 0 Å². The van der Waals surface area contributed by atoms with Crippen LogP contribution < -0.4 is 0 Å². The third-order valence-corrected chi connectivity index (χ3v) is 3.60. The minimum atomic E-state index is -1.81. The van der Waals surface area contributed by atoms with E-state index in [0.717, 1.165) is 0 Å². The number of allylic oxidation sites excluding steroid dienone is 5.